The van der Waals surface area contributed by atoms with E-state index in [9.17, 15) is 13.2 Å². The molecule has 0 spiro atoms. The Morgan fingerprint density at radius 3 is 2.67 bits per heavy atom. The summed E-state index contributed by atoms with van der Waals surface area (Å²) in [5.41, 5.74) is 1.66. The van der Waals surface area contributed by atoms with Gasteiger partial charge in [0.05, 0.1) is 6.20 Å². The maximum absolute atomic E-state index is 12.3. The van der Waals surface area contributed by atoms with E-state index in [1.54, 1.807) is 12.1 Å². The van der Waals surface area contributed by atoms with E-state index in [1.807, 2.05) is 6.92 Å². The predicted molar refractivity (Wildman–Crippen MR) is 58.0 cm³/mol. The smallest absolute Gasteiger partial charge is 0.405 e. The number of hydrogen-bond acceptors (Lipinski definition) is 3. The van der Waals surface area contributed by atoms with Crippen molar-refractivity contribution >= 4 is 0 Å². The van der Waals surface area contributed by atoms with Crippen molar-refractivity contribution in [1.29, 1.82) is 0 Å². The molecule has 18 heavy (non-hydrogen) atoms. The molecule has 0 aliphatic heterocycles. The molecule has 0 radical (unpaired) electrons. The third kappa shape index (κ3) is 2.82. The van der Waals surface area contributed by atoms with Crippen molar-refractivity contribution in [2.75, 3.05) is 0 Å². The SMILES string of the molecule is CCc1ccc(OC(F)(F)F)c(-c2cnoc2)c1. The lowest BCUT2D eigenvalue weighted by Crippen LogP contribution is -2.17. The maximum Gasteiger partial charge on any atom is 0.573 e. The molecule has 1 aromatic heterocycles. The summed E-state index contributed by atoms with van der Waals surface area (Å²) in [6, 6.07) is 4.53. The van der Waals surface area contributed by atoms with Crippen LogP contribution in [0.3, 0.4) is 0 Å². The number of aryl methyl sites for hydroxylation is 1. The Hall–Kier alpha value is -1.98. The van der Waals surface area contributed by atoms with E-state index >= 15 is 0 Å². The van der Waals surface area contributed by atoms with Crippen molar-refractivity contribution in [2.45, 2.75) is 19.7 Å². The van der Waals surface area contributed by atoms with Gasteiger partial charge in [0.1, 0.15) is 12.0 Å². The second-order valence-electron chi connectivity index (χ2n) is 3.64. The molecule has 0 fully saturated rings. The zero-order valence-corrected chi connectivity index (χ0v) is 9.49. The van der Waals surface area contributed by atoms with Gasteiger partial charge >= 0.3 is 6.36 Å². The second kappa shape index (κ2) is 4.72. The lowest BCUT2D eigenvalue weighted by molar-refractivity contribution is -0.274. The molecule has 0 unspecified atom stereocenters. The molecule has 0 atom stereocenters. The van der Waals surface area contributed by atoms with Crippen LogP contribution in [0.15, 0.2) is 35.2 Å². The van der Waals surface area contributed by atoms with Gasteiger partial charge in [0.2, 0.25) is 0 Å². The highest BCUT2D eigenvalue weighted by atomic mass is 19.4. The first kappa shape index (κ1) is 12.5. The average molecular weight is 257 g/mol. The van der Waals surface area contributed by atoms with E-state index in [1.165, 1.54) is 18.5 Å². The molecule has 6 heteroatoms. The van der Waals surface area contributed by atoms with Crippen LogP contribution in [0.2, 0.25) is 0 Å². The summed E-state index contributed by atoms with van der Waals surface area (Å²) in [4.78, 5) is 0. The number of hydrogen-bond donors (Lipinski definition) is 0. The van der Waals surface area contributed by atoms with E-state index in [0.717, 1.165) is 5.56 Å². The Labute approximate surface area is 101 Å². The molecule has 0 amide bonds. The molecule has 2 rings (SSSR count). The summed E-state index contributed by atoms with van der Waals surface area (Å²) >= 11 is 0. The van der Waals surface area contributed by atoms with Crippen LogP contribution in [0.4, 0.5) is 13.2 Å². The van der Waals surface area contributed by atoms with Gasteiger partial charge < -0.3 is 9.26 Å². The van der Waals surface area contributed by atoms with Gasteiger partial charge in [0, 0.05) is 11.1 Å². The predicted octanol–water partition coefficient (Wildman–Crippen LogP) is 3.80. The summed E-state index contributed by atoms with van der Waals surface area (Å²) in [5.74, 6) is -0.261. The first-order valence-corrected chi connectivity index (χ1v) is 5.28. The molecule has 0 bridgehead atoms. The number of aromatic nitrogens is 1. The molecule has 0 N–H and O–H groups in total. The third-order valence-corrected chi connectivity index (χ3v) is 2.42. The van der Waals surface area contributed by atoms with Gasteiger partial charge in [-0.15, -0.1) is 13.2 Å². The molecular weight excluding hydrogens is 247 g/mol. The van der Waals surface area contributed by atoms with Crippen molar-refractivity contribution in [3.63, 3.8) is 0 Å². The van der Waals surface area contributed by atoms with E-state index in [2.05, 4.69) is 14.4 Å². The molecular formula is C12H10F3NO2. The highest BCUT2D eigenvalue weighted by Crippen LogP contribution is 2.34. The normalized spacial score (nSPS) is 11.6. The van der Waals surface area contributed by atoms with Crippen molar-refractivity contribution in [2.24, 2.45) is 0 Å². The first-order valence-electron chi connectivity index (χ1n) is 5.28. The van der Waals surface area contributed by atoms with Crippen LogP contribution in [0, 0.1) is 0 Å². The van der Waals surface area contributed by atoms with Gasteiger partial charge in [-0.25, -0.2) is 0 Å². The monoisotopic (exact) mass is 257 g/mol. The molecule has 1 heterocycles. The van der Waals surface area contributed by atoms with Gasteiger partial charge in [-0.2, -0.15) is 0 Å². The number of rotatable bonds is 3. The van der Waals surface area contributed by atoms with E-state index < -0.39 is 6.36 Å². The minimum atomic E-state index is -4.72. The van der Waals surface area contributed by atoms with E-state index in [0.29, 0.717) is 17.5 Å². The van der Waals surface area contributed by atoms with Gasteiger partial charge in [-0.3, -0.25) is 0 Å². The zero-order chi connectivity index (χ0) is 13.2. The fourth-order valence-corrected chi connectivity index (χ4v) is 1.57. The van der Waals surface area contributed by atoms with Gasteiger partial charge in [-0.05, 0) is 24.1 Å². The van der Waals surface area contributed by atoms with Crippen LogP contribution in [0.5, 0.6) is 5.75 Å². The molecule has 96 valence electrons. The quantitative estimate of drug-likeness (QED) is 0.838. The number of halogens is 3. The third-order valence-electron chi connectivity index (χ3n) is 2.42. The van der Waals surface area contributed by atoms with Gasteiger partial charge in [-0.1, -0.05) is 18.1 Å². The maximum atomic E-state index is 12.3. The Balaban J connectivity index is 2.46. The van der Waals surface area contributed by atoms with Crippen LogP contribution < -0.4 is 4.74 Å². The van der Waals surface area contributed by atoms with Gasteiger partial charge in [0.25, 0.3) is 0 Å². The van der Waals surface area contributed by atoms with Crippen molar-refractivity contribution < 1.29 is 22.4 Å². The Morgan fingerprint density at radius 1 is 1.33 bits per heavy atom. The number of alkyl halides is 3. The first-order chi connectivity index (χ1) is 8.49. The van der Waals surface area contributed by atoms with Crippen molar-refractivity contribution in [3.05, 3.63) is 36.2 Å². The molecule has 1 aromatic carbocycles. The lowest BCUT2D eigenvalue weighted by atomic mass is 10.0. The summed E-state index contributed by atoms with van der Waals surface area (Å²) < 4.78 is 45.5. The average Bonchev–Trinajstić information content (AvgIpc) is 2.81. The minimum absolute atomic E-state index is 0.261. The van der Waals surface area contributed by atoms with Crippen LogP contribution in [0.25, 0.3) is 11.1 Å². The summed E-state index contributed by atoms with van der Waals surface area (Å²) in [6.45, 7) is 1.91. The standard InChI is InChI=1S/C12H10F3NO2/c1-2-8-3-4-11(18-12(13,14)15)10(5-8)9-6-16-17-7-9/h3-7H,2H2,1H3. The number of nitrogens with zero attached hydrogens (tertiary/aromatic N) is 1. The largest absolute Gasteiger partial charge is 0.573 e. The highest BCUT2D eigenvalue weighted by Gasteiger charge is 2.32. The Bertz CT molecular complexity index is 521. The summed E-state index contributed by atoms with van der Waals surface area (Å²) in [6.07, 6.45) is -1.39. The molecule has 0 saturated carbocycles. The van der Waals surface area contributed by atoms with Crippen molar-refractivity contribution in [1.82, 2.24) is 5.16 Å². The van der Waals surface area contributed by atoms with E-state index in [4.69, 9.17) is 0 Å². The van der Waals surface area contributed by atoms with Gasteiger partial charge in [0.15, 0.2) is 0 Å². The van der Waals surface area contributed by atoms with Crippen LogP contribution in [-0.2, 0) is 6.42 Å². The fraction of sp³-hybridized carbons (Fsp3) is 0.250. The van der Waals surface area contributed by atoms with Crippen molar-refractivity contribution in [3.8, 4) is 16.9 Å². The molecule has 2 aromatic rings. The fourth-order valence-electron chi connectivity index (χ4n) is 1.57. The highest BCUT2D eigenvalue weighted by molar-refractivity contribution is 5.69. The number of benzene rings is 1. The topological polar surface area (TPSA) is 35.3 Å². The molecule has 0 aliphatic rings. The lowest BCUT2D eigenvalue weighted by Gasteiger charge is -2.13. The van der Waals surface area contributed by atoms with Crippen LogP contribution in [-0.4, -0.2) is 11.5 Å². The Morgan fingerprint density at radius 2 is 2.11 bits per heavy atom. The van der Waals surface area contributed by atoms with E-state index in [-0.39, 0.29) is 5.75 Å². The molecule has 0 aliphatic carbocycles. The summed E-state index contributed by atoms with van der Waals surface area (Å²) in [7, 11) is 0. The summed E-state index contributed by atoms with van der Waals surface area (Å²) in [5, 5.41) is 3.48. The Kier molecular flexibility index (Phi) is 3.27. The zero-order valence-electron chi connectivity index (χ0n) is 9.49. The minimum Gasteiger partial charge on any atom is -0.405 e. The molecule has 0 saturated heterocycles. The number of ether oxygens (including phenoxy) is 1. The van der Waals surface area contributed by atoms with Crippen LogP contribution >= 0.6 is 0 Å². The van der Waals surface area contributed by atoms with Crippen LogP contribution in [0.1, 0.15) is 12.5 Å². The second-order valence-corrected chi connectivity index (χ2v) is 3.64. The molecule has 3 nitrogen and oxygen atoms in total.